The predicted octanol–water partition coefficient (Wildman–Crippen LogP) is 1.01. The van der Waals surface area contributed by atoms with Gasteiger partial charge in [-0.1, -0.05) is 0 Å². The summed E-state index contributed by atoms with van der Waals surface area (Å²) in [6.45, 7) is 7.49. The number of nitrogens with zero attached hydrogens (tertiary/aromatic N) is 1. The minimum absolute atomic E-state index is 0.0684. The molecule has 1 rings (SSSR count). The van der Waals surface area contributed by atoms with Gasteiger partial charge < -0.3 is 5.32 Å². The Morgan fingerprint density at radius 2 is 2.00 bits per heavy atom. The first kappa shape index (κ1) is 16.6. The van der Waals surface area contributed by atoms with E-state index in [0.717, 1.165) is 12.8 Å². The quantitative estimate of drug-likeness (QED) is 0.820. The molecule has 0 spiro atoms. The molecule has 1 aliphatic rings. The highest BCUT2D eigenvalue weighted by Crippen LogP contribution is 2.21. The molecule has 112 valence electrons. The van der Waals surface area contributed by atoms with Gasteiger partial charge in [-0.15, -0.1) is 0 Å². The summed E-state index contributed by atoms with van der Waals surface area (Å²) in [7, 11) is -3.12. The Bertz CT molecular complexity index is 412. The van der Waals surface area contributed by atoms with Crippen molar-refractivity contribution in [1.82, 2.24) is 9.62 Å². The van der Waals surface area contributed by atoms with Crippen molar-refractivity contribution >= 4 is 15.8 Å². The molecular formula is C13H26N2O3S. The predicted molar refractivity (Wildman–Crippen MR) is 76.5 cm³/mol. The Hall–Kier alpha value is -0.460. The lowest BCUT2D eigenvalue weighted by atomic mass is 9.94. The number of sulfonamides is 1. The van der Waals surface area contributed by atoms with E-state index in [0.29, 0.717) is 26.1 Å². The molecule has 1 N–H and O–H groups in total. The minimum atomic E-state index is -3.12. The third-order valence-corrected chi connectivity index (χ3v) is 4.55. The van der Waals surface area contributed by atoms with Crippen molar-refractivity contribution in [2.45, 2.75) is 45.6 Å². The van der Waals surface area contributed by atoms with Gasteiger partial charge in [0.2, 0.25) is 10.0 Å². The maximum absolute atomic E-state index is 11.9. The van der Waals surface area contributed by atoms with Gasteiger partial charge >= 0.3 is 0 Å². The van der Waals surface area contributed by atoms with Gasteiger partial charge in [0, 0.05) is 25.0 Å². The lowest BCUT2D eigenvalue weighted by molar-refractivity contribution is -0.119. The second-order valence-corrected chi connectivity index (χ2v) is 8.46. The van der Waals surface area contributed by atoms with Crippen LogP contribution in [0.3, 0.4) is 0 Å². The monoisotopic (exact) mass is 290 g/mol. The number of carbonyl (C=O) groups is 1. The van der Waals surface area contributed by atoms with Crippen LogP contribution in [0.5, 0.6) is 0 Å². The first-order valence-corrected chi connectivity index (χ1v) is 8.64. The summed E-state index contributed by atoms with van der Waals surface area (Å²) in [6.07, 6.45) is 3.48. The van der Waals surface area contributed by atoms with Crippen molar-refractivity contribution < 1.29 is 13.2 Å². The smallest absolute Gasteiger partial charge is 0.211 e. The molecule has 0 saturated carbocycles. The molecule has 19 heavy (non-hydrogen) atoms. The number of Topliss-reactive ketones (excluding diaryl/α,β-unsaturated/α-hetero) is 1. The first-order chi connectivity index (χ1) is 8.58. The highest BCUT2D eigenvalue weighted by Gasteiger charge is 2.27. The van der Waals surface area contributed by atoms with Crippen molar-refractivity contribution in [3.05, 3.63) is 0 Å². The van der Waals surface area contributed by atoms with Crippen molar-refractivity contribution in [3.63, 3.8) is 0 Å². The van der Waals surface area contributed by atoms with Crippen LogP contribution in [-0.2, 0) is 14.8 Å². The fourth-order valence-electron chi connectivity index (χ4n) is 2.25. The van der Waals surface area contributed by atoms with E-state index in [1.807, 2.05) is 20.8 Å². The fourth-order valence-corrected chi connectivity index (χ4v) is 3.19. The van der Waals surface area contributed by atoms with Gasteiger partial charge in [-0.2, -0.15) is 0 Å². The molecule has 1 unspecified atom stereocenters. The van der Waals surface area contributed by atoms with Crippen molar-refractivity contribution in [2.24, 2.45) is 5.92 Å². The molecule has 0 radical (unpaired) electrons. The molecule has 0 aromatic heterocycles. The third-order valence-electron chi connectivity index (χ3n) is 3.28. The number of carbonyl (C=O) groups excluding carboxylic acids is 1. The summed E-state index contributed by atoms with van der Waals surface area (Å²) in [5, 5.41) is 3.17. The van der Waals surface area contributed by atoms with Crippen LogP contribution in [-0.4, -0.2) is 49.9 Å². The summed E-state index contributed by atoms with van der Waals surface area (Å²) in [4.78, 5) is 11.9. The molecule has 6 heteroatoms. The van der Waals surface area contributed by atoms with Crippen molar-refractivity contribution in [3.8, 4) is 0 Å². The zero-order chi connectivity index (χ0) is 14.7. The van der Waals surface area contributed by atoms with E-state index in [4.69, 9.17) is 0 Å². The van der Waals surface area contributed by atoms with E-state index < -0.39 is 10.0 Å². The Labute approximate surface area is 116 Å². The molecule has 0 bridgehead atoms. The minimum Gasteiger partial charge on any atom is -0.305 e. The van der Waals surface area contributed by atoms with Crippen LogP contribution in [0.1, 0.15) is 40.0 Å². The molecule has 0 amide bonds. The molecule has 0 aliphatic carbocycles. The van der Waals surface area contributed by atoms with Gasteiger partial charge in [0.15, 0.2) is 0 Å². The average Bonchev–Trinajstić information content (AvgIpc) is 2.25. The maximum atomic E-state index is 11.9. The number of nitrogens with one attached hydrogen (secondary N) is 1. The summed E-state index contributed by atoms with van der Waals surface area (Å²) < 4.78 is 24.5. The maximum Gasteiger partial charge on any atom is 0.211 e. The van der Waals surface area contributed by atoms with Crippen molar-refractivity contribution in [1.29, 1.82) is 0 Å². The van der Waals surface area contributed by atoms with Crippen LogP contribution in [0, 0.1) is 5.92 Å². The lowest BCUT2D eigenvalue weighted by Crippen LogP contribution is -2.42. The largest absolute Gasteiger partial charge is 0.305 e. The summed E-state index contributed by atoms with van der Waals surface area (Å²) >= 11 is 0. The SMILES string of the molecule is CC(C)(C)NCC(=O)CC1CCCN(S(C)(=O)=O)C1. The molecule has 1 heterocycles. The van der Waals surface area contributed by atoms with Gasteiger partial charge in [-0.25, -0.2) is 12.7 Å². The van der Waals surface area contributed by atoms with Gasteiger partial charge in [0.25, 0.3) is 0 Å². The standard InChI is InChI=1S/C13H26N2O3S/c1-13(2,3)14-9-12(16)8-11-6-5-7-15(10-11)19(4,17)18/h11,14H,5-10H2,1-4H3. The van der Waals surface area contributed by atoms with E-state index in [-0.39, 0.29) is 17.2 Å². The van der Waals surface area contributed by atoms with Crippen LogP contribution in [0.25, 0.3) is 0 Å². The summed E-state index contributed by atoms with van der Waals surface area (Å²) in [5.41, 5.74) is -0.0684. The summed E-state index contributed by atoms with van der Waals surface area (Å²) in [5.74, 6) is 0.327. The van der Waals surface area contributed by atoms with E-state index in [9.17, 15) is 13.2 Å². The van der Waals surface area contributed by atoms with Crippen LogP contribution < -0.4 is 5.32 Å². The lowest BCUT2D eigenvalue weighted by Gasteiger charge is -2.30. The number of piperidine rings is 1. The Morgan fingerprint density at radius 1 is 1.37 bits per heavy atom. The highest BCUT2D eigenvalue weighted by molar-refractivity contribution is 7.88. The van der Waals surface area contributed by atoms with E-state index in [2.05, 4.69) is 5.32 Å². The molecule has 1 atom stereocenters. The molecule has 0 aromatic carbocycles. The number of rotatable bonds is 5. The number of hydrogen-bond donors (Lipinski definition) is 1. The third kappa shape index (κ3) is 6.49. The number of ketones is 1. The van der Waals surface area contributed by atoms with Gasteiger partial charge in [0.1, 0.15) is 5.78 Å². The van der Waals surface area contributed by atoms with Gasteiger partial charge in [0.05, 0.1) is 12.8 Å². The molecular weight excluding hydrogens is 264 g/mol. The number of hydrogen-bond acceptors (Lipinski definition) is 4. The Kier molecular flexibility index (Phi) is 5.53. The topological polar surface area (TPSA) is 66.5 Å². The highest BCUT2D eigenvalue weighted by atomic mass is 32.2. The van der Waals surface area contributed by atoms with E-state index in [1.54, 1.807) is 0 Å². The normalized spacial score (nSPS) is 22.4. The zero-order valence-corrected chi connectivity index (χ0v) is 13.2. The molecule has 1 saturated heterocycles. The molecule has 5 nitrogen and oxygen atoms in total. The van der Waals surface area contributed by atoms with Crippen LogP contribution in [0.4, 0.5) is 0 Å². The Balaban J connectivity index is 2.42. The van der Waals surface area contributed by atoms with Crippen LogP contribution >= 0.6 is 0 Å². The molecule has 0 aromatic rings. The second kappa shape index (κ2) is 6.33. The van der Waals surface area contributed by atoms with E-state index in [1.165, 1.54) is 10.6 Å². The zero-order valence-electron chi connectivity index (χ0n) is 12.4. The average molecular weight is 290 g/mol. The summed E-state index contributed by atoms with van der Waals surface area (Å²) in [6, 6.07) is 0. The van der Waals surface area contributed by atoms with E-state index >= 15 is 0 Å². The van der Waals surface area contributed by atoms with Crippen LogP contribution in [0.15, 0.2) is 0 Å². The van der Waals surface area contributed by atoms with Gasteiger partial charge in [-0.05, 0) is 39.5 Å². The Morgan fingerprint density at radius 3 is 2.53 bits per heavy atom. The van der Waals surface area contributed by atoms with Crippen LogP contribution in [0.2, 0.25) is 0 Å². The molecule has 1 fully saturated rings. The second-order valence-electron chi connectivity index (χ2n) is 6.48. The van der Waals surface area contributed by atoms with Gasteiger partial charge in [-0.3, -0.25) is 4.79 Å². The van der Waals surface area contributed by atoms with Crippen molar-refractivity contribution in [2.75, 3.05) is 25.9 Å². The fraction of sp³-hybridized carbons (Fsp3) is 0.923. The molecule has 1 aliphatic heterocycles. The first-order valence-electron chi connectivity index (χ1n) is 6.80.